The number of carbonyl (C=O) groups excluding carboxylic acids is 1. The summed E-state index contributed by atoms with van der Waals surface area (Å²) in [5, 5.41) is 18.0. The number of ketones is 1. The number of rotatable bonds is 7. The number of carboxylic acids is 1. The van der Waals surface area contributed by atoms with E-state index in [-0.39, 0.29) is 11.3 Å². The number of carboxylic acid groups (broad SMARTS) is 1. The lowest BCUT2D eigenvalue weighted by Crippen LogP contribution is -2.04. The molecule has 2 N–H and O–H groups in total. The van der Waals surface area contributed by atoms with Crippen molar-refractivity contribution in [3.8, 4) is 0 Å². The van der Waals surface area contributed by atoms with Crippen LogP contribution in [0.1, 0.15) is 31.8 Å². The van der Waals surface area contributed by atoms with Gasteiger partial charge in [0.25, 0.3) is 0 Å². The number of hydrogen-bond donors (Lipinski definition) is 2. The molecule has 0 aliphatic carbocycles. The standard InChI is InChI=1S/C16H14N2O2.C15H12N2O2/c19-10-16(20)13-6-7-14-15(8-13)18(11-17-14)9-12-4-2-1-3-5-12;18-15(19)12-6-7-13-14(8-12)17(10-16-13)9-11-4-2-1-3-5-11/h1-8,11,19H,9-10H2;1-8,10H,9H2,(H,18,19). The van der Waals surface area contributed by atoms with E-state index in [1.165, 1.54) is 5.56 Å². The van der Waals surface area contributed by atoms with Crippen molar-refractivity contribution in [1.29, 1.82) is 0 Å². The molecule has 0 atom stereocenters. The maximum absolute atomic E-state index is 11.6. The molecule has 8 nitrogen and oxygen atoms in total. The van der Waals surface area contributed by atoms with Gasteiger partial charge in [0.15, 0.2) is 5.78 Å². The Balaban J connectivity index is 0.000000158. The first kappa shape index (κ1) is 25.6. The number of aliphatic hydroxyl groups is 1. The fourth-order valence-corrected chi connectivity index (χ4v) is 4.32. The minimum atomic E-state index is -0.922. The normalized spacial score (nSPS) is 10.8. The van der Waals surface area contributed by atoms with Crippen molar-refractivity contribution < 1.29 is 19.8 Å². The van der Waals surface area contributed by atoms with Crippen LogP contribution in [0.15, 0.2) is 110 Å². The van der Waals surface area contributed by atoms with Crippen LogP contribution in [-0.2, 0) is 13.1 Å². The zero-order valence-corrected chi connectivity index (χ0v) is 21.0. The van der Waals surface area contributed by atoms with Gasteiger partial charge in [-0.05, 0) is 47.5 Å². The molecule has 4 aromatic carbocycles. The summed E-state index contributed by atoms with van der Waals surface area (Å²) >= 11 is 0. The smallest absolute Gasteiger partial charge is 0.335 e. The first-order valence-electron chi connectivity index (χ1n) is 12.4. The lowest BCUT2D eigenvalue weighted by Gasteiger charge is -2.05. The first-order chi connectivity index (χ1) is 19.0. The number of nitrogens with zero attached hydrogens (tertiary/aromatic N) is 4. The monoisotopic (exact) mass is 518 g/mol. The van der Waals surface area contributed by atoms with Crippen molar-refractivity contribution in [2.45, 2.75) is 13.1 Å². The maximum Gasteiger partial charge on any atom is 0.335 e. The topological polar surface area (TPSA) is 110 Å². The Labute approximate surface area is 224 Å². The molecule has 0 saturated heterocycles. The van der Waals surface area contributed by atoms with Crippen LogP contribution in [0, 0.1) is 0 Å². The highest BCUT2D eigenvalue weighted by molar-refractivity contribution is 5.99. The van der Waals surface area contributed by atoms with Crippen LogP contribution in [0.5, 0.6) is 0 Å². The van der Waals surface area contributed by atoms with Crippen LogP contribution in [0.3, 0.4) is 0 Å². The summed E-state index contributed by atoms with van der Waals surface area (Å²) < 4.78 is 3.95. The number of Topliss-reactive ketones (excluding diaryl/α,β-unsaturated/α-hetero) is 1. The van der Waals surface area contributed by atoms with Crippen LogP contribution in [0.2, 0.25) is 0 Å². The van der Waals surface area contributed by atoms with Gasteiger partial charge in [-0.25, -0.2) is 14.8 Å². The number of hydrogen-bond acceptors (Lipinski definition) is 5. The Kier molecular flexibility index (Phi) is 7.56. The van der Waals surface area contributed by atoms with Gasteiger partial charge in [-0.1, -0.05) is 60.7 Å². The van der Waals surface area contributed by atoms with Crippen molar-refractivity contribution in [2.24, 2.45) is 0 Å². The molecule has 0 spiro atoms. The highest BCUT2D eigenvalue weighted by Crippen LogP contribution is 2.18. The van der Waals surface area contributed by atoms with Crippen LogP contribution in [0.4, 0.5) is 0 Å². The molecule has 0 fully saturated rings. The van der Waals surface area contributed by atoms with E-state index in [1.807, 2.05) is 57.7 Å². The molecule has 8 heteroatoms. The van der Waals surface area contributed by atoms with Crippen molar-refractivity contribution in [2.75, 3.05) is 6.61 Å². The predicted octanol–water partition coefficient (Wildman–Crippen LogP) is 5.04. The summed E-state index contributed by atoms with van der Waals surface area (Å²) in [4.78, 5) is 31.2. The average molecular weight is 519 g/mol. The number of aromatic carboxylic acids is 1. The quantitative estimate of drug-likeness (QED) is 0.287. The third-order valence-electron chi connectivity index (χ3n) is 6.35. The van der Waals surface area contributed by atoms with Gasteiger partial charge in [0, 0.05) is 18.7 Å². The van der Waals surface area contributed by atoms with Crippen LogP contribution in [-0.4, -0.2) is 47.7 Å². The number of aromatic nitrogens is 4. The van der Waals surface area contributed by atoms with Gasteiger partial charge < -0.3 is 19.3 Å². The molecule has 2 aromatic heterocycles. The third kappa shape index (κ3) is 5.92. The molecule has 6 aromatic rings. The third-order valence-corrected chi connectivity index (χ3v) is 6.35. The van der Waals surface area contributed by atoms with Crippen LogP contribution < -0.4 is 0 Å². The van der Waals surface area contributed by atoms with Crippen molar-refractivity contribution in [1.82, 2.24) is 19.1 Å². The van der Waals surface area contributed by atoms with E-state index < -0.39 is 12.6 Å². The highest BCUT2D eigenvalue weighted by atomic mass is 16.4. The lowest BCUT2D eigenvalue weighted by molar-refractivity contribution is 0.0696. The Morgan fingerprint density at radius 3 is 1.56 bits per heavy atom. The number of benzene rings is 4. The van der Waals surface area contributed by atoms with E-state index in [4.69, 9.17) is 10.2 Å². The molecule has 0 bridgehead atoms. The van der Waals surface area contributed by atoms with Crippen LogP contribution >= 0.6 is 0 Å². The SMILES string of the molecule is O=C(CO)c1ccc2ncn(Cc3ccccc3)c2c1.O=C(O)c1ccc2ncn(Cc3ccccc3)c2c1. The number of carbonyl (C=O) groups is 2. The Morgan fingerprint density at radius 2 is 1.10 bits per heavy atom. The van der Waals surface area contributed by atoms with Gasteiger partial charge in [0.1, 0.15) is 6.61 Å². The Hall–Kier alpha value is -5.08. The molecule has 6 rings (SSSR count). The molecule has 194 valence electrons. The fraction of sp³-hybridized carbons (Fsp3) is 0.0968. The first-order valence-corrected chi connectivity index (χ1v) is 12.4. The van der Waals surface area contributed by atoms with Crippen molar-refractivity contribution >= 4 is 33.8 Å². The molecule has 0 amide bonds. The molecule has 0 aliphatic heterocycles. The molecule has 2 heterocycles. The van der Waals surface area contributed by atoms with E-state index >= 15 is 0 Å². The number of fused-ring (bicyclic) bond motifs is 2. The fourth-order valence-electron chi connectivity index (χ4n) is 4.32. The van der Waals surface area contributed by atoms with E-state index in [0.717, 1.165) is 27.6 Å². The van der Waals surface area contributed by atoms with Gasteiger partial charge in [0.05, 0.1) is 40.3 Å². The zero-order chi connectivity index (χ0) is 27.2. The second kappa shape index (κ2) is 11.5. The van der Waals surface area contributed by atoms with Gasteiger partial charge >= 0.3 is 5.97 Å². The van der Waals surface area contributed by atoms with Gasteiger partial charge in [0.2, 0.25) is 0 Å². The summed E-state index contributed by atoms with van der Waals surface area (Å²) in [6.07, 6.45) is 3.51. The second-order valence-electron chi connectivity index (χ2n) is 9.01. The van der Waals surface area contributed by atoms with E-state index in [0.29, 0.717) is 18.7 Å². The summed E-state index contributed by atoms with van der Waals surface area (Å²) in [5.41, 5.74) is 6.50. The molecular formula is C31H26N4O4. The summed E-state index contributed by atoms with van der Waals surface area (Å²) in [5.74, 6) is -1.20. The Bertz CT molecular complexity index is 1740. The summed E-state index contributed by atoms with van der Waals surface area (Å²) in [6.45, 7) is 0.910. The van der Waals surface area contributed by atoms with E-state index in [9.17, 15) is 9.59 Å². The number of imidazole rings is 2. The molecule has 0 saturated carbocycles. The lowest BCUT2D eigenvalue weighted by atomic mass is 10.1. The van der Waals surface area contributed by atoms with E-state index in [2.05, 4.69) is 22.1 Å². The maximum atomic E-state index is 11.6. The minimum absolute atomic E-state index is 0.278. The molecule has 0 radical (unpaired) electrons. The van der Waals surface area contributed by atoms with Gasteiger partial charge in [-0.15, -0.1) is 0 Å². The summed E-state index contributed by atoms with van der Waals surface area (Å²) in [6, 6.07) is 30.3. The van der Waals surface area contributed by atoms with Crippen molar-refractivity contribution in [3.05, 3.63) is 132 Å². The molecule has 0 aliphatic rings. The molecular weight excluding hydrogens is 492 g/mol. The Morgan fingerprint density at radius 1 is 0.641 bits per heavy atom. The molecule has 0 unspecified atom stereocenters. The minimum Gasteiger partial charge on any atom is -0.478 e. The average Bonchev–Trinajstić information content (AvgIpc) is 3.57. The largest absolute Gasteiger partial charge is 0.478 e. The second-order valence-corrected chi connectivity index (χ2v) is 9.01. The van der Waals surface area contributed by atoms with Crippen molar-refractivity contribution in [3.63, 3.8) is 0 Å². The highest BCUT2D eigenvalue weighted by Gasteiger charge is 2.10. The molecule has 39 heavy (non-hydrogen) atoms. The van der Waals surface area contributed by atoms with Crippen LogP contribution in [0.25, 0.3) is 22.1 Å². The van der Waals surface area contributed by atoms with E-state index in [1.54, 1.807) is 49.1 Å². The van der Waals surface area contributed by atoms with Gasteiger partial charge in [-0.3, -0.25) is 4.79 Å². The predicted molar refractivity (Wildman–Crippen MR) is 149 cm³/mol. The van der Waals surface area contributed by atoms with Gasteiger partial charge in [-0.2, -0.15) is 0 Å². The number of aliphatic hydroxyl groups excluding tert-OH is 1. The summed E-state index contributed by atoms with van der Waals surface area (Å²) in [7, 11) is 0. The zero-order valence-electron chi connectivity index (χ0n) is 21.0.